The number of aromatic nitrogens is 8. The molecule has 0 saturated carbocycles. The highest BCUT2D eigenvalue weighted by molar-refractivity contribution is 6.27. The third-order valence-corrected chi connectivity index (χ3v) is 24.1. The minimum absolute atomic E-state index is 0.366. The maximum Gasteiger partial charge on any atom is 0.0785 e. The van der Waals surface area contributed by atoms with Crippen molar-refractivity contribution in [1.29, 1.82) is 0 Å². The molecule has 24 rings (SSSR count). The number of nitrogens with zero attached hydrogens (tertiary/aromatic N) is 8. The van der Waals surface area contributed by atoms with Crippen molar-refractivity contribution in [3.63, 3.8) is 0 Å². The van der Waals surface area contributed by atoms with Gasteiger partial charge in [0.2, 0.25) is 0 Å². The molecule has 0 saturated heterocycles. The number of rotatable bonds is 8. The molecule has 0 amide bonds. The Bertz CT molecular complexity index is 7850. The van der Waals surface area contributed by atoms with Gasteiger partial charge in [-0.2, -0.15) is 0 Å². The summed E-state index contributed by atoms with van der Waals surface area (Å²) in [5.74, 6) is 0. The van der Waals surface area contributed by atoms with Crippen LogP contribution in [-0.4, -0.2) is 36.5 Å². The van der Waals surface area contributed by atoms with E-state index in [2.05, 4.69) is 456 Å². The van der Waals surface area contributed by atoms with E-state index in [9.17, 15) is 0 Å². The van der Waals surface area contributed by atoms with Gasteiger partial charge in [0.05, 0.1) is 66.2 Å². The first-order valence-electron chi connectivity index (χ1n) is 41.0. The second kappa shape index (κ2) is 27.9. The zero-order valence-corrected chi connectivity index (χ0v) is 66.5. The van der Waals surface area contributed by atoms with Gasteiger partial charge in [0, 0.05) is 155 Å². The van der Waals surface area contributed by atoms with Crippen LogP contribution in [0.1, 0.15) is 79.6 Å². The van der Waals surface area contributed by atoms with Crippen molar-refractivity contribution in [2.45, 2.75) is 79.6 Å². The highest BCUT2D eigenvalue weighted by atomic mass is 15.1. The Morgan fingerprint density at radius 2 is 0.397 bits per heavy atom. The molecule has 0 bridgehead atoms. The zero-order chi connectivity index (χ0) is 78.1. The molecule has 0 fully saturated rings. The first kappa shape index (κ1) is 69.8. The number of hydrogen-bond acceptors (Lipinski definition) is 0. The van der Waals surface area contributed by atoms with Crippen LogP contribution in [0.25, 0.3) is 197 Å². The Hall–Kier alpha value is -14.1. The first-order valence-corrected chi connectivity index (χ1v) is 41.0. The van der Waals surface area contributed by atoms with E-state index in [0.717, 1.165) is 0 Å². The van der Waals surface area contributed by atoms with Gasteiger partial charge in [-0.05, 0) is 183 Å². The van der Waals surface area contributed by atoms with Crippen molar-refractivity contribution >= 4 is 174 Å². The molecular formula is C108H88N8. The molecule has 0 N–H and O–H groups in total. The van der Waals surface area contributed by atoms with Gasteiger partial charge >= 0.3 is 0 Å². The standard InChI is InChI=1S/4C27H22N2/c1-18(2)28-24-14-8-6-12-20(24)22-17-27-23(16-26(22)28)21-13-7-9-15-25(21)29(27)19-10-4-3-5-11-19;1-18(2)28-24-14-8-6-12-20(24)22-16-23-21-13-7-9-15-25(21)29(27(23)17-26(22)28)19-10-4-3-5-11-19;1-18(2)28-23-14-8-6-12-20(23)21-16-17-25-26(27(21)28)22-13-7-9-15-24(22)29(25)19-10-4-3-5-11-19;1-18(2)28-24-14-8-6-12-20(24)22-16-17-23-21-13-7-9-15-25(21)29(27(23)26(22)28)19-10-4-3-5-11-19/h4*3-18H,1-2H3. The van der Waals surface area contributed by atoms with Gasteiger partial charge in [0.1, 0.15) is 0 Å². The third kappa shape index (κ3) is 10.9. The molecular weight excluding hydrogens is 1410 g/mol. The van der Waals surface area contributed by atoms with E-state index in [1.807, 2.05) is 0 Å². The van der Waals surface area contributed by atoms with Gasteiger partial charge in [0.25, 0.3) is 0 Å². The van der Waals surface area contributed by atoms with Crippen molar-refractivity contribution in [1.82, 2.24) is 36.5 Å². The molecule has 0 aliphatic carbocycles. The highest BCUT2D eigenvalue weighted by Gasteiger charge is 2.26. The van der Waals surface area contributed by atoms with E-state index in [-0.39, 0.29) is 0 Å². The van der Waals surface area contributed by atoms with E-state index in [1.165, 1.54) is 197 Å². The monoisotopic (exact) mass is 1500 g/mol. The summed E-state index contributed by atoms with van der Waals surface area (Å²) in [4.78, 5) is 0. The number of hydrogen-bond donors (Lipinski definition) is 0. The molecule has 0 aliphatic rings. The molecule has 8 aromatic heterocycles. The molecule has 8 heteroatoms. The zero-order valence-electron chi connectivity index (χ0n) is 66.5. The van der Waals surface area contributed by atoms with E-state index in [1.54, 1.807) is 0 Å². The van der Waals surface area contributed by atoms with Crippen molar-refractivity contribution in [2.24, 2.45) is 0 Å². The van der Waals surface area contributed by atoms with Crippen molar-refractivity contribution in [3.8, 4) is 22.7 Å². The van der Waals surface area contributed by atoms with Crippen molar-refractivity contribution in [2.75, 3.05) is 0 Å². The molecule has 0 spiro atoms. The quantitative estimate of drug-likeness (QED) is 0.145. The summed E-state index contributed by atoms with van der Waals surface area (Å²) in [6.07, 6.45) is 0. The second-order valence-electron chi connectivity index (χ2n) is 32.2. The average molecular weight is 1500 g/mol. The molecule has 0 aliphatic heterocycles. The molecule has 116 heavy (non-hydrogen) atoms. The Kier molecular flexibility index (Phi) is 16.8. The minimum Gasteiger partial charge on any atom is -0.338 e. The van der Waals surface area contributed by atoms with Crippen LogP contribution in [0, 0.1) is 0 Å². The van der Waals surface area contributed by atoms with Gasteiger partial charge < -0.3 is 36.5 Å². The fraction of sp³-hybridized carbons (Fsp3) is 0.111. The Balaban J connectivity index is 0.0000000966. The maximum atomic E-state index is 2.51. The lowest BCUT2D eigenvalue weighted by Gasteiger charge is -2.14. The number of fused-ring (bicyclic) bond motifs is 26. The number of para-hydroxylation sites is 12. The summed E-state index contributed by atoms with van der Waals surface area (Å²) in [5, 5.41) is 21.1. The molecule has 8 heterocycles. The van der Waals surface area contributed by atoms with E-state index < -0.39 is 0 Å². The first-order chi connectivity index (χ1) is 57.0. The molecule has 560 valence electrons. The maximum absolute atomic E-state index is 2.51. The Morgan fingerprint density at radius 3 is 0.828 bits per heavy atom. The summed E-state index contributed by atoms with van der Waals surface area (Å²) in [7, 11) is 0. The molecule has 0 atom stereocenters. The molecule has 24 aromatic rings. The van der Waals surface area contributed by atoms with Crippen molar-refractivity contribution in [3.05, 3.63) is 364 Å². The van der Waals surface area contributed by atoms with Crippen LogP contribution in [0.5, 0.6) is 0 Å². The van der Waals surface area contributed by atoms with Crippen LogP contribution < -0.4 is 0 Å². The van der Waals surface area contributed by atoms with Crippen LogP contribution in [0.15, 0.2) is 364 Å². The fourth-order valence-electron chi connectivity index (χ4n) is 19.6. The van der Waals surface area contributed by atoms with Crippen LogP contribution in [-0.2, 0) is 0 Å². The number of benzene rings is 16. The van der Waals surface area contributed by atoms with Gasteiger partial charge in [-0.3, -0.25) is 0 Å². The van der Waals surface area contributed by atoms with E-state index in [4.69, 9.17) is 0 Å². The van der Waals surface area contributed by atoms with Gasteiger partial charge in [-0.25, -0.2) is 0 Å². The molecule has 16 aromatic carbocycles. The lowest BCUT2D eigenvalue weighted by Crippen LogP contribution is -2.02. The van der Waals surface area contributed by atoms with Crippen molar-refractivity contribution < 1.29 is 0 Å². The van der Waals surface area contributed by atoms with E-state index >= 15 is 0 Å². The van der Waals surface area contributed by atoms with Gasteiger partial charge in [-0.1, -0.05) is 237 Å². The normalized spacial score (nSPS) is 12.1. The SMILES string of the molecule is CC(C)n1c2ccccc2c2cc3c(cc21)c1ccccc1n3-c1ccccc1.CC(C)n1c2ccccc2c2cc3c4ccccc4n(-c4ccccc4)c3cc21.CC(C)n1c2ccccc2c2ccc3c(c4ccccc4n3-c3ccccc3)c21.CC(C)n1c2ccccc2c2ccc3c4ccccc4n(-c4ccccc4)c3c21. The summed E-state index contributed by atoms with van der Waals surface area (Å²) in [5.41, 5.74) is 25.4. The summed E-state index contributed by atoms with van der Waals surface area (Å²) < 4.78 is 19.6. The smallest absolute Gasteiger partial charge is 0.0785 e. The van der Waals surface area contributed by atoms with Crippen LogP contribution in [0.3, 0.4) is 0 Å². The molecule has 0 radical (unpaired) electrons. The van der Waals surface area contributed by atoms with Gasteiger partial charge in [-0.15, -0.1) is 0 Å². The fourth-order valence-corrected chi connectivity index (χ4v) is 19.6. The molecule has 8 nitrogen and oxygen atoms in total. The van der Waals surface area contributed by atoms with Crippen LogP contribution >= 0.6 is 0 Å². The molecule has 0 unspecified atom stereocenters. The minimum atomic E-state index is 0.366. The summed E-state index contributed by atoms with van der Waals surface area (Å²) in [6, 6.07) is 133. The predicted molar refractivity (Wildman–Crippen MR) is 497 cm³/mol. The summed E-state index contributed by atoms with van der Waals surface area (Å²) in [6.45, 7) is 18.2. The van der Waals surface area contributed by atoms with Crippen LogP contribution in [0.2, 0.25) is 0 Å². The lowest BCUT2D eigenvalue weighted by molar-refractivity contribution is 0.642. The van der Waals surface area contributed by atoms with E-state index in [0.29, 0.717) is 24.2 Å². The average Bonchev–Trinajstić information content (AvgIpc) is 1.57. The Morgan fingerprint density at radius 1 is 0.147 bits per heavy atom. The Labute approximate surface area is 672 Å². The highest BCUT2D eigenvalue weighted by Crippen LogP contribution is 2.47. The van der Waals surface area contributed by atoms with Crippen LogP contribution in [0.4, 0.5) is 0 Å². The largest absolute Gasteiger partial charge is 0.338 e. The summed E-state index contributed by atoms with van der Waals surface area (Å²) >= 11 is 0. The lowest BCUT2D eigenvalue weighted by atomic mass is 10.1. The van der Waals surface area contributed by atoms with Gasteiger partial charge in [0.15, 0.2) is 0 Å². The topological polar surface area (TPSA) is 39.4 Å². The second-order valence-corrected chi connectivity index (χ2v) is 32.2. The third-order valence-electron chi connectivity index (χ3n) is 24.1. The predicted octanol–water partition coefficient (Wildman–Crippen LogP) is 29.9.